The van der Waals surface area contributed by atoms with Crippen molar-refractivity contribution in [3.8, 4) is 5.75 Å². The van der Waals surface area contributed by atoms with Gasteiger partial charge in [-0.25, -0.2) is 0 Å². The lowest BCUT2D eigenvalue weighted by atomic mass is 10.1. The van der Waals surface area contributed by atoms with Crippen molar-refractivity contribution in [1.29, 1.82) is 0 Å². The smallest absolute Gasteiger partial charge is 0.261 e. The van der Waals surface area contributed by atoms with Crippen LogP contribution in [0.3, 0.4) is 0 Å². The van der Waals surface area contributed by atoms with Gasteiger partial charge in [-0.3, -0.25) is 10.1 Å². The highest BCUT2D eigenvalue weighted by Gasteiger charge is 2.14. The van der Waals surface area contributed by atoms with E-state index in [4.69, 9.17) is 4.74 Å². The third kappa shape index (κ3) is 4.62. The summed E-state index contributed by atoms with van der Waals surface area (Å²) in [5.74, 6) is 1.13. The van der Waals surface area contributed by atoms with Crippen molar-refractivity contribution in [2.45, 2.75) is 23.9 Å². The molecule has 0 aliphatic rings. The summed E-state index contributed by atoms with van der Waals surface area (Å²) in [5.41, 5.74) is 3.01. The molecule has 1 N–H and O–H groups in total. The largest absolute Gasteiger partial charge is 0.493 e. The molecule has 0 aliphatic heterocycles. The SMILES string of the molecule is CCOc1ccccc1C(=O)Nc1nnc(SCc2ccccc2C)s1. The van der Waals surface area contributed by atoms with Crippen molar-refractivity contribution in [3.05, 3.63) is 65.2 Å². The van der Waals surface area contributed by atoms with Gasteiger partial charge in [-0.1, -0.05) is 59.5 Å². The van der Waals surface area contributed by atoms with Gasteiger partial charge in [0.1, 0.15) is 5.75 Å². The zero-order chi connectivity index (χ0) is 18.4. The van der Waals surface area contributed by atoms with Gasteiger partial charge >= 0.3 is 0 Å². The molecular formula is C19H19N3O2S2. The summed E-state index contributed by atoms with van der Waals surface area (Å²) in [5, 5.41) is 11.5. The molecule has 134 valence electrons. The molecule has 0 fully saturated rings. The summed E-state index contributed by atoms with van der Waals surface area (Å²) in [4.78, 5) is 12.5. The van der Waals surface area contributed by atoms with Crippen LogP contribution in [0.1, 0.15) is 28.4 Å². The molecule has 0 unspecified atom stereocenters. The lowest BCUT2D eigenvalue weighted by Gasteiger charge is -2.08. The molecule has 0 bridgehead atoms. The Hall–Kier alpha value is -2.38. The first-order chi connectivity index (χ1) is 12.7. The first-order valence-electron chi connectivity index (χ1n) is 8.21. The van der Waals surface area contributed by atoms with Crippen LogP contribution < -0.4 is 10.1 Å². The number of amides is 1. The van der Waals surface area contributed by atoms with Crippen LogP contribution in [-0.4, -0.2) is 22.7 Å². The van der Waals surface area contributed by atoms with Gasteiger partial charge in [0.05, 0.1) is 12.2 Å². The molecule has 0 atom stereocenters. The molecule has 3 rings (SSSR count). The molecule has 1 heterocycles. The molecule has 1 aromatic heterocycles. The van der Waals surface area contributed by atoms with E-state index in [-0.39, 0.29) is 5.91 Å². The number of benzene rings is 2. The van der Waals surface area contributed by atoms with Gasteiger partial charge in [0.2, 0.25) is 5.13 Å². The first-order valence-corrected chi connectivity index (χ1v) is 10.0. The van der Waals surface area contributed by atoms with Crippen molar-refractivity contribution >= 4 is 34.1 Å². The zero-order valence-corrected chi connectivity index (χ0v) is 16.2. The van der Waals surface area contributed by atoms with Crippen LogP contribution in [0.15, 0.2) is 52.9 Å². The van der Waals surface area contributed by atoms with Gasteiger partial charge in [-0.05, 0) is 37.1 Å². The second-order valence-electron chi connectivity index (χ2n) is 5.47. The Labute approximate surface area is 160 Å². The van der Waals surface area contributed by atoms with Crippen LogP contribution >= 0.6 is 23.1 Å². The molecule has 5 nitrogen and oxygen atoms in total. The summed E-state index contributed by atoms with van der Waals surface area (Å²) in [7, 11) is 0. The van der Waals surface area contributed by atoms with E-state index in [1.165, 1.54) is 22.5 Å². The molecule has 0 spiro atoms. The highest BCUT2D eigenvalue weighted by atomic mass is 32.2. The van der Waals surface area contributed by atoms with Crippen molar-refractivity contribution in [1.82, 2.24) is 10.2 Å². The van der Waals surface area contributed by atoms with Gasteiger partial charge in [-0.15, -0.1) is 10.2 Å². The average molecular weight is 386 g/mol. The van der Waals surface area contributed by atoms with Crippen LogP contribution in [0.5, 0.6) is 5.75 Å². The Morgan fingerprint density at radius 3 is 2.73 bits per heavy atom. The van der Waals surface area contributed by atoms with Gasteiger partial charge in [0.25, 0.3) is 5.91 Å². The van der Waals surface area contributed by atoms with Crippen LogP contribution in [0.2, 0.25) is 0 Å². The summed E-state index contributed by atoms with van der Waals surface area (Å²) in [6.07, 6.45) is 0. The highest BCUT2D eigenvalue weighted by molar-refractivity contribution is 8.00. The fourth-order valence-electron chi connectivity index (χ4n) is 2.33. The fraction of sp³-hybridized carbons (Fsp3) is 0.211. The van der Waals surface area contributed by atoms with Crippen molar-refractivity contribution < 1.29 is 9.53 Å². The number of nitrogens with zero attached hydrogens (tertiary/aromatic N) is 2. The van der Waals surface area contributed by atoms with Gasteiger partial charge < -0.3 is 4.74 Å². The average Bonchev–Trinajstić information content (AvgIpc) is 3.09. The van der Waals surface area contributed by atoms with E-state index in [0.717, 1.165) is 10.1 Å². The van der Waals surface area contributed by atoms with E-state index in [0.29, 0.717) is 23.1 Å². The number of para-hydroxylation sites is 1. The van der Waals surface area contributed by atoms with E-state index in [9.17, 15) is 4.79 Å². The molecule has 0 saturated heterocycles. The number of hydrogen-bond donors (Lipinski definition) is 1. The maximum Gasteiger partial charge on any atom is 0.261 e. The third-order valence-electron chi connectivity index (χ3n) is 3.67. The van der Waals surface area contributed by atoms with Crippen molar-refractivity contribution in [2.75, 3.05) is 11.9 Å². The van der Waals surface area contributed by atoms with Crippen molar-refractivity contribution in [2.24, 2.45) is 0 Å². The molecular weight excluding hydrogens is 366 g/mol. The zero-order valence-electron chi connectivity index (χ0n) is 14.6. The standard InChI is InChI=1S/C19H19N3O2S2/c1-3-24-16-11-7-6-10-15(16)17(23)20-18-21-22-19(26-18)25-12-14-9-5-4-8-13(14)2/h4-11H,3,12H2,1-2H3,(H,20,21,23). The molecule has 0 saturated carbocycles. The van der Waals surface area contributed by atoms with Crippen LogP contribution in [0.25, 0.3) is 0 Å². The number of aromatic nitrogens is 2. The van der Waals surface area contributed by atoms with E-state index in [1.54, 1.807) is 30.0 Å². The third-order valence-corrected chi connectivity index (χ3v) is 5.69. The Morgan fingerprint density at radius 1 is 1.15 bits per heavy atom. The number of hydrogen-bond acceptors (Lipinski definition) is 6. The lowest BCUT2D eigenvalue weighted by Crippen LogP contribution is -2.13. The first kappa shape index (κ1) is 18.4. The number of aryl methyl sites for hydroxylation is 1. The van der Waals surface area contributed by atoms with E-state index in [1.807, 2.05) is 25.1 Å². The normalized spacial score (nSPS) is 10.5. The number of ether oxygens (including phenoxy) is 1. The minimum Gasteiger partial charge on any atom is -0.493 e. The molecule has 0 aliphatic carbocycles. The van der Waals surface area contributed by atoms with E-state index < -0.39 is 0 Å². The maximum atomic E-state index is 12.5. The lowest BCUT2D eigenvalue weighted by molar-refractivity contribution is 0.102. The van der Waals surface area contributed by atoms with E-state index in [2.05, 4.69) is 34.6 Å². The Bertz CT molecular complexity index is 896. The predicted octanol–water partition coefficient (Wildman–Crippen LogP) is 4.79. The molecule has 2 aromatic carbocycles. The number of nitrogens with one attached hydrogen (secondary N) is 1. The van der Waals surface area contributed by atoms with Crippen LogP contribution in [0, 0.1) is 6.92 Å². The minimum absolute atomic E-state index is 0.249. The summed E-state index contributed by atoms with van der Waals surface area (Å²) in [6.45, 7) is 4.48. The highest BCUT2D eigenvalue weighted by Crippen LogP contribution is 2.29. The van der Waals surface area contributed by atoms with Gasteiger partial charge in [-0.2, -0.15) is 0 Å². The number of carbonyl (C=O) groups excluding carboxylic acids is 1. The summed E-state index contributed by atoms with van der Waals surface area (Å²) < 4.78 is 6.32. The quantitative estimate of drug-likeness (QED) is 0.468. The van der Waals surface area contributed by atoms with E-state index >= 15 is 0 Å². The molecule has 7 heteroatoms. The predicted molar refractivity (Wildman–Crippen MR) is 106 cm³/mol. The molecule has 1 amide bonds. The maximum absolute atomic E-state index is 12.5. The minimum atomic E-state index is -0.249. The Balaban J connectivity index is 1.63. The summed E-state index contributed by atoms with van der Waals surface area (Å²) in [6, 6.07) is 15.4. The fourth-order valence-corrected chi connectivity index (χ4v) is 4.15. The number of carbonyl (C=O) groups is 1. The topological polar surface area (TPSA) is 64.1 Å². The van der Waals surface area contributed by atoms with Crippen LogP contribution in [0.4, 0.5) is 5.13 Å². The Kier molecular flexibility index (Phi) is 6.25. The second kappa shape index (κ2) is 8.82. The van der Waals surface area contributed by atoms with Gasteiger partial charge in [0.15, 0.2) is 4.34 Å². The van der Waals surface area contributed by atoms with Crippen molar-refractivity contribution in [3.63, 3.8) is 0 Å². The number of thioether (sulfide) groups is 1. The second-order valence-corrected chi connectivity index (χ2v) is 7.67. The monoisotopic (exact) mass is 385 g/mol. The molecule has 26 heavy (non-hydrogen) atoms. The van der Waals surface area contributed by atoms with Gasteiger partial charge in [0, 0.05) is 5.75 Å². The number of anilines is 1. The number of rotatable bonds is 7. The summed E-state index contributed by atoms with van der Waals surface area (Å²) >= 11 is 2.98. The molecule has 3 aromatic rings. The molecule has 0 radical (unpaired) electrons. The Morgan fingerprint density at radius 2 is 1.92 bits per heavy atom. The van der Waals surface area contributed by atoms with Crippen LogP contribution in [-0.2, 0) is 5.75 Å².